The molecule has 1 aliphatic rings. The van der Waals surface area contributed by atoms with Crippen molar-refractivity contribution < 1.29 is 14.0 Å². The molecule has 0 bridgehead atoms. The van der Waals surface area contributed by atoms with Crippen molar-refractivity contribution in [1.29, 1.82) is 0 Å². The van der Waals surface area contributed by atoms with Crippen molar-refractivity contribution in [1.82, 2.24) is 5.32 Å². The van der Waals surface area contributed by atoms with Gasteiger partial charge in [-0.25, -0.2) is 4.39 Å². The number of hydrogen-bond acceptors (Lipinski definition) is 3. The fourth-order valence-corrected chi connectivity index (χ4v) is 4.25. The zero-order chi connectivity index (χ0) is 17.1. The van der Waals surface area contributed by atoms with Crippen LogP contribution in [0.1, 0.15) is 50.4 Å². The van der Waals surface area contributed by atoms with Crippen LogP contribution in [0, 0.1) is 5.82 Å². The second kappa shape index (κ2) is 7.13. The fourth-order valence-electron chi connectivity index (χ4n) is 2.97. The third kappa shape index (κ3) is 3.33. The van der Waals surface area contributed by atoms with E-state index < -0.39 is 0 Å². The lowest BCUT2D eigenvalue weighted by atomic mass is 10.0. The molecular formula is C18H19FN2O2S. The maximum atomic E-state index is 13.0. The van der Waals surface area contributed by atoms with Crippen LogP contribution in [0.25, 0.3) is 0 Å². The molecule has 1 aromatic heterocycles. The molecule has 1 heterocycles. The minimum Gasteiger partial charge on any atom is -0.355 e. The number of amides is 2. The molecule has 1 aromatic carbocycles. The number of halogens is 1. The third-order valence-corrected chi connectivity index (χ3v) is 5.42. The first kappa shape index (κ1) is 16.6. The van der Waals surface area contributed by atoms with Gasteiger partial charge in [0.1, 0.15) is 10.8 Å². The number of hydrogen-bond donors (Lipinski definition) is 2. The minimum atomic E-state index is -0.388. The van der Waals surface area contributed by atoms with E-state index >= 15 is 0 Å². The average molecular weight is 346 g/mol. The highest BCUT2D eigenvalue weighted by molar-refractivity contribution is 7.17. The summed E-state index contributed by atoms with van der Waals surface area (Å²) < 4.78 is 13.0. The van der Waals surface area contributed by atoms with Crippen LogP contribution in [-0.4, -0.2) is 18.9 Å². The molecule has 0 aliphatic heterocycles. The van der Waals surface area contributed by atoms with E-state index in [0.29, 0.717) is 16.1 Å². The van der Waals surface area contributed by atoms with Crippen molar-refractivity contribution in [3.8, 4) is 0 Å². The van der Waals surface area contributed by atoms with E-state index in [4.69, 9.17) is 0 Å². The second-order valence-corrected chi connectivity index (χ2v) is 6.91. The lowest BCUT2D eigenvalue weighted by molar-refractivity contribution is 0.0963. The summed E-state index contributed by atoms with van der Waals surface area (Å²) in [5.74, 6) is -0.902. The number of nitrogens with one attached hydrogen (secondary N) is 2. The summed E-state index contributed by atoms with van der Waals surface area (Å²) in [6.07, 6.45) is 5.12. The Morgan fingerprint density at radius 1 is 1.04 bits per heavy atom. The van der Waals surface area contributed by atoms with E-state index in [1.165, 1.54) is 40.5 Å². The highest BCUT2D eigenvalue weighted by atomic mass is 32.1. The smallest absolute Gasteiger partial charge is 0.256 e. The molecule has 6 heteroatoms. The number of carbonyl (C=O) groups is 2. The Morgan fingerprint density at radius 3 is 2.46 bits per heavy atom. The molecule has 2 N–H and O–H groups in total. The van der Waals surface area contributed by atoms with E-state index in [1.54, 1.807) is 7.05 Å². The summed E-state index contributed by atoms with van der Waals surface area (Å²) in [5.41, 5.74) is 2.00. The van der Waals surface area contributed by atoms with Gasteiger partial charge >= 0.3 is 0 Å². The number of rotatable bonds is 3. The molecule has 24 heavy (non-hydrogen) atoms. The molecule has 0 saturated heterocycles. The molecule has 0 atom stereocenters. The molecule has 0 radical (unpaired) electrons. The van der Waals surface area contributed by atoms with Gasteiger partial charge in [0.2, 0.25) is 0 Å². The summed E-state index contributed by atoms with van der Waals surface area (Å²) in [4.78, 5) is 25.9. The van der Waals surface area contributed by atoms with Gasteiger partial charge in [0.25, 0.3) is 11.8 Å². The number of fused-ring (bicyclic) bond motifs is 1. The van der Waals surface area contributed by atoms with Crippen molar-refractivity contribution in [3.63, 3.8) is 0 Å². The SMILES string of the molecule is CNC(=O)c1c(NC(=O)c2ccc(F)cc2)sc2c1CCCCC2. The first-order chi connectivity index (χ1) is 11.6. The quantitative estimate of drug-likeness (QED) is 0.831. The first-order valence-corrected chi connectivity index (χ1v) is 8.85. The number of carbonyl (C=O) groups excluding carboxylic acids is 2. The minimum absolute atomic E-state index is 0.177. The summed E-state index contributed by atoms with van der Waals surface area (Å²) in [6.45, 7) is 0. The average Bonchev–Trinajstić information content (AvgIpc) is 2.76. The predicted octanol–water partition coefficient (Wildman–Crippen LogP) is 3.77. The van der Waals surface area contributed by atoms with Crippen LogP contribution in [0.2, 0.25) is 0 Å². The highest BCUT2D eigenvalue weighted by Gasteiger charge is 2.25. The zero-order valence-electron chi connectivity index (χ0n) is 13.4. The lowest BCUT2D eigenvalue weighted by Crippen LogP contribution is -2.21. The Kier molecular flexibility index (Phi) is 4.94. The molecule has 3 rings (SSSR count). The van der Waals surface area contributed by atoms with Gasteiger partial charge in [-0.05, 0) is 55.5 Å². The van der Waals surface area contributed by atoms with E-state index in [9.17, 15) is 14.0 Å². The van der Waals surface area contributed by atoms with Crippen LogP contribution in [0.4, 0.5) is 9.39 Å². The number of anilines is 1. The molecule has 2 aromatic rings. The number of benzene rings is 1. The van der Waals surface area contributed by atoms with Crippen LogP contribution in [-0.2, 0) is 12.8 Å². The molecule has 4 nitrogen and oxygen atoms in total. The van der Waals surface area contributed by atoms with Crippen molar-refractivity contribution in [3.05, 3.63) is 51.7 Å². The maximum Gasteiger partial charge on any atom is 0.256 e. The van der Waals surface area contributed by atoms with Crippen LogP contribution < -0.4 is 10.6 Å². The molecule has 0 spiro atoms. The zero-order valence-corrected chi connectivity index (χ0v) is 14.3. The molecule has 0 unspecified atom stereocenters. The molecule has 1 aliphatic carbocycles. The summed E-state index contributed by atoms with van der Waals surface area (Å²) in [6, 6.07) is 5.36. The van der Waals surface area contributed by atoms with Crippen LogP contribution in [0.5, 0.6) is 0 Å². The van der Waals surface area contributed by atoms with Crippen molar-refractivity contribution in [2.45, 2.75) is 32.1 Å². The highest BCUT2D eigenvalue weighted by Crippen LogP contribution is 2.37. The third-order valence-electron chi connectivity index (χ3n) is 4.21. The largest absolute Gasteiger partial charge is 0.355 e. The van der Waals surface area contributed by atoms with E-state index in [1.807, 2.05) is 0 Å². The fraction of sp³-hybridized carbons (Fsp3) is 0.333. The van der Waals surface area contributed by atoms with Gasteiger partial charge in [0.05, 0.1) is 5.56 Å². The Morgan fingerprint density at radius 2 is 1.75 bits per heavy atom. The van der Waals surface area contributed by atoms with Gasteiger partial charge in [-0.1, -0.05) is 6.42 Å². The predicted molar refractivity (Wildman–Crippen MR) is 93.3 cm³/mol. The first-order valence-electron chi connectivity index (χ1n) is 8.03. The van der Waals surface area contributed by atoms with E-state index in [-0.39, 0.29) is 17.6 Å². The number of aryl methyl sites for hydroxylation is 1. The Hall–Kier alpha value is -2.21. The van der Waals surface area contributed by atoms with Gasteiger partial charge in [-0.2, -0.15) is 0 Å². The van der Waals surface area contributed by atoms with Crippen LogP contribution in [0.15, 0.2) is 24.3 Å². The summed E-state index contributed by atoms with van der Waals surface area (Å²) in [7, 11) is 1.59. The van der Waals surface area contributed by atoms with Gasteiger partial charge < -0.3 is 10.6 Å². The molecule has 2 amide bonds. The molecule has 126 valence electrons. The summed E-state index contributed by atoms with van der Waals surface area (Å²) in [5, 5.41) is 6.08. The Labute approximate surface area is 144 Å². The van der Waals surface area contributed by atoms with Crippen molar-refractivity contribution >= 4 is 28.2 Å². The topological polar surface area (TPSA) is 58.2 Å². The molecule has 0 saturated carbocycles. The Balaban J connectivity index is 1.93. The van der Waals surface area contributed by atoms with Crippen molar-refractivity contribution in [2.75, 3.05) is 12.4 Å². The van der Waals surface area contributed by atoms with Gasteiger partial charge in [0, 0.05) is 17.5 Å². The normalized spacial score (nSPS) is 13.8. The van der Waals surface area contributed by atoms with Gasteiger partial charge in [0.15, 0.2) is 0 Å². The second-order valence-electron chi connectivity index (χ2n) is 5.81. The molecule has 0 fully saturated rings. The van der Waals surface area contributed by atoms with Gasteiger partial charge in [-0.15, -0.1) is 11.3 Å². The summed E-state index contributed by atoms with van der Waals surface area (Å²) >= 11 is 1.48. The van der Waals surface area contributed by atoms with E-state index in [2.05, 4.69) is 10.6 Å². The molecular weight excluding hydrogens is 327 g/mol. The lowest BCUT2D eigenvalue weighted by Gasteiger charge is -2.08. The van der Waals surface area contributed by atoms with Crippen molar-refractivity contribution in [2.24, 2.45) is 0 Å². The Bertz CT molecular complexity index is 768. The monoisotopic (exact) mass is 346 g/mol. The standard InChI is InChI=1S/C18H19FN2O2S/c1-20-17(23)15-13-5-3-2-4-6-14(13)24-18(15)21-16(22)11-7-9-12(19)10-8-11/h7-10H,2-6H2,1H3,(H,20,23)(H,21,22). The van der Waals surface area contributed by atoms with Crippen LogP contribution >= 0.6 is 11.3 Å². The van der Waals surface area contributed by atoms with Crippen LogP contribution in [0.3, 0.4) is 0 Å². The number of thiophene rings is 1. The maximum absolute atomic E-state index is 13.0. The van der Waals surface area contributed by atoms with E-state index in [0.717, 1.165) is 37.7 Å². The van der Waals surface area contributed by atoms with Gasteiger partial charge in [-0.3, -0.25) is 9.59 Å².